The van der Waals surface area contributed by atoms with Gasteiger partial charge in [-0.1, -0.05) is 19.1 Å². The SMILES string of the molecule is C=C(C)[C@@H]1CC[C@@]2(CC)O[C@H]2C1. The monoisotopic (exact) mass is 166 g/mol. The van der Waals surface area contributed by atoms with E-state index in [2.05, 4.69) is 20.4 Å². The highest BCUT2D eigenvalue weighted by molar-refractivity contribution is 5.11. The zero-order valence-corrected chi connectivity index (χ0v) is 8.10. The van der Waals surface area contributed by atoms with E-state index in [0.717, 1.165) is 5.92 Å². The van der Waals surface area contributed by atoms with Crippen LogP contribution in [0.5, 0.6) is 0 Å². The van der Waals surface area contributed by atoms with E-state index in [4.69, 9.17) is 4.74 Å². The smallest absolute Gasteiger partial charge is 0.0946 e. The molecule has 0 amide bonds. The van der Waals surface area contributed by atoms with Gasteiger partial charge in [0.2, 0.25) is 0 Å². The Morgan fingerprint density at radius 3 is 2.92 bits per heavy atom. The topological polar surface area (TPSA) is 12.5 Å². The van der Waals surface area contributed by atoms with Crippen molar-refractivity contribution in [3.05, 3.63) is 12.2 Å². The van der Waals surface area contributed by atoms with Gasteiger partial charge in [0, 0.05) is 0 Å². The Balaban J connectivity index is 1.96. The lowest BCUT2D eigenvalue weighted by Gasteiger charge is -2.23. The molecule has 68 valence electrons. The van der Waals surface area contributed by atoms with Crippen molar-refractivity contribution in [1.29, 1.82) is 0 Å². The molecular formula is C11H18O. The maximum absolute atomic E-state index is 5.75. The molecule has 0 aromatic heterocycles. The molecule has 2 rings (SSSR count). The average Bonchev–Trinajstić information content (AvgIpc) is 2.77. The molecule has 0 spiro atoms. The Hall–Kier alpha value is -0.300. The fourth-order valence-electron chi connectivity index (χ4n) is 2.46. The van der Waals surface area contributed by atoms with Crippen LogP contribution < -0.4 is 0 Å². The van der Waals surface area contributed by atoms with E-state index in [-0.39, 0.29) is 0 Å². The van der Waals surface area contributed by atoms with Crippen LogP contribution in [-0.2, 0) is 4.74 Å². The highest BCUT2D eigenvalue weighted by Gasteiger charge is 2.57. The summed E-state index contributed by atoms with van der Waals surface area (Å²) in [6.45, 7) is 8.41. The van der Waals surface area contributed by atoms with E-state index in [1.54, 1.807) is 0 Å². The van der Waals surface area contributed by atoms with Crippen LogP contribution in [0.15, 0.2) is 12.2 Å². The molecule has 1 saturated carbocycles. The number of ether oxygens (including phenoxy) is 1. The minimum absolute atomic E-state index is 0.311. The van der Waals surface area contributed by atoms with Crippen molar-refractivity contribution in [3.8, 4) is 0 Å². The summed E-state index contributed by atoms with van der Waals surface area (Å²) in [6, 6.07) is 0. The summed E-state index contributed by atoms with van der Waals surface area (Å²) >= 11 is 0. The first-order valence-corrected chi connectivity index (χ1v) is 5.01. The number of epoxide rings is 1. The molecule has 1 aliphatic carbocycles. The number of rotatable bonds is 2. The normalized spacial score (nSPS) is 45.2. The molecule has 2 aliphatic rings. The third-order valence-electron chi connectivity index (χ3n) is 3.62. The van der Waals surface area contributed by atoms with Gasteiger partial charge < -0.3 is 4.74 Å². The Morgan fingerprint density at radius 2 is 2.42 bits per heavy atom. The van der Waals surface area contributed by atoms with Gasteiger partial charge >= 0.3 is 0 Å². The molecular weight excluding hydrogens is 148 g/mol. The van der Waals surface area contributed by atoms with E-state index in [9.17, 15) is 0 Å². The van der Waals surface area contributed by atoms with Crippen molar-refractivity contribution in [2.24, 2.45) is 5.92 Å². The van der Waals surface area contributed by atoms with E-state index in [0.29, 0.717) is 11.7 Å². The molecule has 0 N–H and O–H groups in total. The lowest BCUT2D eigenvalue weighted by Crippen LogP contribution is -2.23. The second-order valence-electron chi connectivity index (χ2n) is 4.34. The zero-order valence-electron chi connectivity index (χ0n) is 8.10. The highest BCUT2D eigenvalue weighted by atomic mass is 16.6. The summed E-state index contributed by atoms with van der Waals surface area (Å²) < 4.78 is 5.75. The molecule has 0 aromatic carbocycles. The summed E-state index contributed by atoms with van der Waals surface area (Å²) in [5.41, 5.74) is 1.65. The number of fused-ring (bicyclic) bond motifs is 1. The standard InChI is InChI=1S/C11H18O/c1-4-11-6-5-9(8(2)3)7-10(11)12-11/h9-10H,2,4-7H2,1,3H3/t9-,10+,11-/m1/s1. The minimum atomic E-state index is 0.311. The first kappa shape index (κ1) is 8.31. The Kier molecular flexibility index (Phi) is 1.80. The van der Waals surface area contributed by atoms with Gasteiger partial charge in [0.1, 0.15) is 0 Å². The Bertz CT molecular complexity index is 209. The molecule has 0 bridgehead atoms. The predicted molar refractivity (Wildman–Crippen MR) is 50.1 cm³/mol. The van der Waals surface area contributed by atoms with Gasteiger partial charge in [-0.2, -0.15) is 0 Å². The van der Waals surface area contributed by atoms with Gasteiger partial charge in [-0.3, -0.25) is 0 Å². The largest absolute Gasteiger partial charge is 0.366 e. The third kappa shape index (κ3) is 1.11. The lowest BCUT2D eigenvalue weighted by atomic mass is 9.78. The maximum atomic E-state index is 5.75. The van der Waals surface area contributed by atoms with Crippen LogP contribution >= 0.6 is 0 Å². The summed E-state index contributed by atoms with van der Waals surface area (Å²) in [4.78, 5) is 0. The fraction of sp³-hybridized carbons (Fsp3) is 0.818. The molecule has 0 radical (unpaired) electrons. The van der Waals surface area contributed by atoms with Gasteiger partial charge in [0.15, 0.2) is 0 Å². The summed E-state index contributed by atoms with van der Waals surface area (Å²) in [5.74, 6) is 0.733. The zero-order chi connectivity index (χ0) is 8.77. The van der Waals surface area contributed by atoms with E-state index < -0.39 is 0 Å². The second-order valence-corrected chi connectivity index (χ2v) is 4.34. The van der Waals surface area contributed by atoms with Crippen LogP contribution in [0.2, 0.25) is 0 Å². The van der Waals surface area contributed by atoms with Crippen LogP contribution in [0.1, 0.15) is 39.5 Å². The number of hydrogen-bond donors (Lipinski definition) is 0. The van der Waals surface area contributed by atoms with Crippen LogP contribution in [0.3, 0.4) is 0 Å². The van der Waals surface area contributed by atoms with Gasteiger partial charge in [0.25, 0.3) is 0 Å². The predicted octanol–water partition coefficient (Wildman–Crippen LogP) is 2.91. The Labute approximate surface area is 74.8 Å². The van der Waals surface area contributed by atoms with E-state index in [1.165, 1.54) is 31.3 Å². The fourth-order valence-corrected chi connectivity index (χ4v) is 2.46. The number of allylic oxidation sites excluding steroid dienone is 1. The first-order valence-electron chi connectivity index (χ1n) is 5.01. The molecule has 2 fully saturated rings. The van der Waals surface area contributed by atoms with E-state index >= 15 is 0 Å². The van der Waals surface area contributed by atoms with Crippen molar-refractivity contribution >= 4 is 0 Å². The van der Waals surface area contributed by atoms with Gasteiger partial charge in [-0.15, -0.1) is 0 Å². The quantitative estimate of drug-likeness (QED) is 0.454. The van der Waals surface area contributed by atoms with Gasteiger partial charge in [-0.25, -0.2) is 0 Å². The maximum Gasteiger partial charge on any atom is 0.0946 e. The van der Waals surface area contributed by atoms with Crippen LogP contribution in [-0.4, -0.2) is 11.7 Å². The van der Waals surface area contributed by atoms with Crippen molar-refractivity contribution in [1.82, 2.24) is 0 Å². The third-order valence-corrected chi connectivity index (χ3v) is 3.62. The lowest BCUT2D eigenvalue weighted by molar-refractivity contribution is 0.276. The molecule has 12 heavy (non-hydrogen) atoms. The van der Waals surface area contributed by atoms with Gasteiger partial charge in [-0.05, 0) is 38.5 Å². The Morgan fingerprint density at radius 1 is 1.67 bits per heavy atom. The molecule has 0 aromatic rings. The molecule has 3 atom stereocenters. The number of hydrogen-bond acceptors (Lipinski definition) is 1. The van der Waals surface area contributed by atoms with Crippen molar-refractivity contribution in [2.45, 2.75) is 51.2 Å². The first-order chi connectivity index (χ1) is 5.68. The minimum Gasteiger partial charge on any atom is -0.366 e. The van der Waals surface area contributed by atoms with Crippen LogP contribution in [0, 0.1) is 5.92 Å². The molecule has 1 heteroatoms. The molecule has 0 unspecified atom stereocenters. The molecule has 1 saturated heterocycles. The van der Waals surface area contributed by atoms with Crippen LogP contribution in [0.25, 0.3) is 0 Å². The molecule has 1 heterocycles. The molecule has 1 aliphatic heterocycles. The summed E-state index contributed by atoms with van der Waals surface area (Å²) in [7, 11) is 0. The van der Waals surface area contributed by atoms with E-state index in [1.807, 2.05) is 0 Å². The van der Waals surface area contributed by atoms with Crippen molar-refractivity contribution in [3.63, 3.8) is 0 Å². The van der Waals surface area contributed by atoms with Crippen molar-refractivity contribution in [2.75, 3.05) is 0 Å². The summed E-state index contributed by atoms with van der Waals surface area (Å²) in [6.07, 6.45) is 5.53. The molecule has 1 nitrogen and oxygen atoms in total. The second kappa shape index (κ2) is 2.59. The average molecular weight is 166 g/mol. The highest BCUT2D eigenvalue weighted by Crippen LogP contribution is 2.52. The van der Waals surface area contributed by atoms with Crippen LogP contribution in [0.4, 0.5) is 0 Å². The van der Waals surface area contributed by atoms with Crippen molar-refractivity contribution < 1.29 is 4.74 Å². The summed E-state index contributed by atoms with van der Waals surface area (Å²) in [5, 5.41) is 0. The van der Waals surface area contributed by atoms with Gasteiger partial charge in [0.05, 0.1) is 11.7 Å².